The molecule has 1 aromatic carbocycles. The van der Waals surface area contributed by atoms with E-state index in [1.807, 2.05) is 47.9 Å². The van der Waals surface area contributed by atoms with E-state index >= 15 is 0 Å². The Hall–Kier alpha value is -1.89. The van der Waals surface area contributed by atoms with Crippen molar-refractivity contribution in [2.75, 3.05) is 5.75 Å². The lowest BCUT2D eigenvalue weighted by Crippen LogP contribution is -2.07. The number of nitrogens with zero attached hydrogens (tertiary/aromatic N) is 2. The predicted molar refractivity (Wildman–Crippen MR) is 90.9 cm³/mol. The van der Waals surface area contributed by atoms with Crippen LogP contribution in [0.1, 0.15) is 11.3 Å². The lowest BCUT2D eigenvalue weighted by molar-refractivity contribution is 0.482. The largest absolute Gasteiger partial charge is 0.312 e. The van der Waals surface area contributed by atoms with Crippen LogP contribution in [0, 0.1) is 6.92 Å². The maximum Gasteiger partial charge on any atom is 0.265 e. The Labute approximate surface area is 139 Å². The molecule has 2 aromatic heterocycles. The molecule has 5 nitrogen and oxygen atoms in total. The van der Waals surface area contributed by atoms with Crippen molar-refractivity contribution in [1.82, 2.24) is 9.55 Å². The molecule has 0 unspecified atom stereocenters. The molecular formula is C16H15ClN2O3S. The van der Waals surface area contributed by atoms with E-state index in [4.69, 9.17) is 16.2 Å². The molecule has 1 N–H and O–H groups in total. The maximum absolute atomic E-state index is 10.9. The summed E-state index contributed by atoms with van der Waals surface area (Å²) in [6.45, 7) is 1.98. The Morgan fingerprint density at radius 1 is 1.22 bits per heavy atom. The second-order valence-corrected chi connectivity index (χ2v) is 7.39. The zero-order chi connectivity index (χ0) is 16.6. The summed E-state index contributed by atoms with van der Waals surface area (Å²) in [5.74, 6) is -0.319. The number of fused-ring (bicyclic) bond motifs is 1. The number of aryl methyl sites for hydroxylation is 2. The van der Waals surface area contributed by atoms with Crippen LogP contribution in [0.5, 0.6) is 0 Å². The maximum atomic E-state index is 10.9. The first kappa shape index (κ1) is 16.0. The van der Waals surface area contributed by atoms with Gasteiger partial charge in [0.1, 0.15) is 0 Å². The van der Waals surface area contributed by atoms with Gasteiger partial charge in [-0.3, -0.25) is 9.54 Å². The summed E-state index contributed by atoms with van der Waals surface area (Å²) in [7, 11) is -3.99. The molecule has 0 aliphatic carbocycles. The van der Waals surface area contributed by atoms with Crippen LogP contribution in [0.3, 0.4) is 0 Å². The second kappa shape index (κ2) is 5.96. The van der Waals surface area contributed by atoms with E-state index in [1.54, 1.807) is 6.20 Å². The Bertz CT molecular complexity index is 963. The third-order valence-corrected chi connectivity index (χ3v) is 4.60. The molecule has 0 amide bonds. The molecule has 0 radical (unpaired) electrons. The molecule has 7 heteroatoms. The van der Waals surface area contributed by atoms with E-state index in [0.717, 1.165) is 28.0 Å². The number of pyridine rings is 1. The van der Waals surface area contributed by atoms with Crippen molar-refractivity contribution in [2.45, 2.75) is 13.3 Å². The van der Waals surface area contributed by atoms with Crippen molar-refractivity contribution in [1.29, 1.82) is 0 Å². The quantitative estimate of drug-likeness (QED) is 0.732. The summed E-state index contributed by atoms with van der Waals surface area (Å²) < 4.78 is 32.7. The molecule has 0 aliphatic rings. The monoisotopic (exact) mass is 350 g/mol. The minimum atomic E-state index is -3.99. The highest BCUT2D eigenvalue weighted by molar-refractivity contribution is 7.85. The van der Waals surface area contributed by atoms with Crippen LogP contribution in [-0.4, -0.2) is 28.3 Å². The SMILES string of the molecule is Cc1cc2ncc(CCS(=O)(=O)O)cc2n1-c1ccc(Cl)cc1. The molecule has 0 fully saturated rings. The van der Waals surface area contributed by atoms with E-state index in [9.17, 15) is 8.42 Å². The molecule has 0 atom stereocenters. The first-order valence-electron chi connectivity index (χ1n) is 7.01. The third kappa shape index (κ3) is 3.55. The predicted octanol–water partition coefficient (Wildman–Crippen LogP) is 3.42. The zero-order valence-electron chi connectivity index (χ0n) is 12.4. The minimum absolute atomic E-state index is 0.215. The molecule has 120 valence electrons. The average Bonchev–Trinajstić information content (AvgIpc) is 2.81. The van der Waals surface area contributed by atoms with E-state index in [-0.39, 0.29) is 12.2 Å². The Morgan fingerprint density at radius 2 is 1.91 bits per heavy atom. The Kier molecular flexibility index (Phi) is 4.14. The molecular weight excluding hydrogens is 336 g/mol. The van der Waals surface area contributed by atoms with E-state index in [1.165, 1.54) is 0 Å². The lowest BCUT2D eigenvalue weighted by atomic mass is 10.2. The smallest absolute Gasteiger partial charge is 0.265 e. The van der Waals surface area contributed by atoms with E-state index in [2.05, 4.69) is 4.98 Å². The molecule has 0 saturated carbocycles. The fourth-order valence-corrected chi connectivity index (χ4v) is 3.18. The van der Waals surface area contributed by atoms with Gasteiger partial charge in [-0.05, 0) is 55.3 Å². The molecule has 2 heterocycles. The van der Waals surface area contributed by atoms with Crippen molar-refractivity contribution in [3.8, 4) is 5.69 Å². The fraction of sp³-hybridized carbons (Fsp3) is 0.188. The van der Waals surface area contributed by atoms with Crippen LogP contribution in [0.4, 0.5) is 0 Å². The first-order chi connectivity index (χ1) is 10.8. The van der Waals surface area contributed by atoms with Gasteiger partial charge in [0.05, 0.1) is 16.8 Å². The first-order valence-corrected chi connectivity index (χ1v) is 9.00. The Morgan fingerprint density at radius 3 is 2.57 bits per heavy atom. The van der Waals surface area contributed by atoms with E-state index < -0.39 is 10.1 Å². The highest BCUT2D eigenvalue weighted by atomic mass is 35.5. The molecule has 0 spiro atoms. The highest BCUT2D eigenvalue weighted by Crippen LogP contribution is 2.24. The molecule has 3 rings (SSSR count). The van der Waals surface area contributed by atoms with Crippen molar-refractivity contribution in [2.24, 2.45) is 0 Å². The van der Waals surface area contributed by atoms with Gasteiger partial charge in [0, 0.05) is 22.6 Å². The van der Waals surface area contributed by atoms with Crippen molar-refractivity contribution in [3.63, 3.8) is 0 Å². The van der Waals surface area contributed by atoms with Crippen LogP contribution in [0.25, 0.3) is 16.7 Å². The van der Waals surface area contributed by atoms with Crippen molar-refractivity contribution in [3.05, 3.63) is 58.9 Å². The number of hydrogen-bond donors (Lipinski definition) is 1. The summed E-state index contributed by atoms with van der Waals surface area (Å²) >= 11 is 5.94. The van der Waals surface area contributed by atoms with Crippen molar-refractivity contribution < 1.29 is 13.0 Å². The summed E-state index contributed by atoms with van der Waals surface area (Å²) in [6.07, 6.45) is 1.85. The van der Waals surface area contributed by atoms with Gasteiger partial charge < -0.3 is 4.57 Å². The number of halogens is 1. The minimum Gasteiger partial charge on any atom is -0.312 e. The normalized spacial score (nSPS) is 12.0. The number of benzene rings is 1. The molecule has 0 bridgehead atoms. The van der Waals surface area contributed by atoms with Gasteiger partial charge in [-0.2, -0.15) is 8.42 Å². The summed E-state index contributed by atoms with van der Waals surface area (Å²) in [5.41, 5.74) is 4.44. The highest BCUT2D eigenvalue weighted by Gasteiger charge is 2.11. The third-order valence-electron chi connectivity index (χ3n) is 3.63. The van der Waals surface area contributed by atoms with E-state index in [0.29, 0.717) is 5.02 Å². The van der Waals surface area contributed by atoms with Gasteiger partial charge in [-0.25, -0.2) is 0 Å². The Balaban J connectivity index is 2.07. The average molecular weight is 351 g/mol. The van der Waals surface area contributed by atoms with Crippen LogP contribution in [0.2, 0.25) is 5.02 Å². The van der Waals surface area contributed by atoms with Crippen molar-refractivity contribution >= 4 is 32.8 Å². The van der Waals surface area contributed by atoms with Gasteiger partial charge >= 0.3 is 0 Å². The topological polar surface area (TPSA) is 72.2 Å². The summed E-state index contributed by atoms with van der Waals surface area (Å²) in [4.78, 5) is 4.38. The number of aromatic nitrogens is 2. The summed E-state index contributed by atoms with van der Waals surface area (Å²) in [6, 6.07) is 11.3. The molecule has 3 aromatic rings. The van der Waals surface area contributed by atoms with Gasteiger partial charge in [-0.15, -0.1) is 0 Å². The molecule has 0 aliphatic heterocycles. The zero-order valence-corrected chi connectivity index (χ0v) is 14.0. The second-order valence-electron chi connectivity index (χ2n) is 5.38. The fourth-order valence-electron chi connectivity index (χ4n) is 2.56. The van der Waals surface area contributed by atoms with Gasteiger partial charge in [0.25, 0.3) is 10.1 Å². The number of hydrogen-bond acceptors (Lipinski definition) is 3. The summed E-state index contributed by atoms with van der Waals surface area (Å²) in [5, 5.41) is 0.662. The van der Waals surface area contributed by atoms with Gasteiger partial charge in [0.15, 0.2) is 0 Å². The molecule has 0 saturated heterocycles. The van der Waals surface area contributed by atoms with Crippen LogP contribution >= 0.6 is 11.6 Å². The number of rotatable bonds is 4. The standard InChI is InChI=1S/C16H15ClN2O3S/c1-11-8-15-16(19(11)14-4-2-13(17)3-5-14)9-12(10-18-15)6-7-23(20,21)22/h2-5,8-10H,6-7H2,1H3,(H,20,21,22). The van der Waals surface area contributed by atoms with Gasteiger partial charge in [-0.1, -0.05) is 11.6 Å². The van der Waals surface area contributed by atoms with Crippen LogP contribution in [0.15, 0.2) is 42.6 Å². The van der Waals surface area contributed by atoms with Crippen LogP contribution < -0.4 is 0 Å². The van der Waals surface area contributed by atoms with Gasteiger partial charge in [0.2, 0.25) is 0 Å². The molecule has 23 heavy (non-hydrogen) atoms. The lowest BCUT2D eigenvalue weighted by Gasteiger charge is -2.09. The van der Waals surface area contributed by atoms with Crippen LogP contribution in [-0.2, 0) is 16.5 Å².